The topological polar surface area (TPSA) is 26.3 Å². The Balaban J connectivity index is 2.33. The normalized spacial score (nSPS) is 28.2. The Kier molecular flexibility index (Phi) is 5.32. The Labute approximate surface area is 129 Å². The molecule has 0 spiro atoms. The zero-order valence-electron chi connectivity index (χ0n) is 13.5. The molecular weight excluding hydrogens is 279 g/mol. The molecule has 0 aromatic heterocycles. The summed E-state index contributed by atoms with van der Waals surface area (Å²) in [5.74, 6) is 0.933. The Morgan fingerprint density at radius 1 is 1.10 bits per heavy atom. The van der Waals surface area contributed by atoms with Crippen LogP contribution in [0.1, 0.15) is 59.3 Å². The molecule has 2 nitrogen and oxygen atoms in total. The lowest BCUT2D eigenvalue weighted by Crippen LogP contribution is -2.25. The third kappa shape index (κ3) is 3.26. The number of hydrogen-bond acceptors (Lipinski definition) is 2. The monoisotopic (exact) mass is 306 g/mol. The van der Waals surface area contributed by atoms with E-state index in [9.17, 15) is 4.57 Å². The first-order valence-corrected chi connectivity index (χ1v) is 9.75. The largest absolute Gasteiger partial charge is 0.444 e. The Bertz CT molecular complexity index is 535. The third-order valence-corrected chi connectivity index (χ3v) is 7.47. The SMILES string of the molecule is CCCCC1=CC(C)(CCCC)P(=O)(c2ccccc2)O1. The van der Waals surface area contributed by atoms with Gasteiger partial charge in [0.15, 0.2) is 0 Å². The van der Waals surface area contributed by atoms with Crippen LogP contribution >= 0.6 is 7.37 Å². The molecule has 0 amide bonds. The van der Waals surface area contributed by atoms with E-state index < -0.39 is 7.37 Å². The van der Waals surface area contributed by atoms with Crippen LogP contribution in [0.15, 0.2) is 42.2 Å². The fraction of sp³-hybridized carbons (Fsp3) is 0.556. The van der Waals surface area contributed by atoms with Crippen LogP contribution < -0.4 is 5.30 Å². The van der Waals surface area contributed by atoms with Gasteiger partial charge in [-0.2, -0.15) is 0 Å². The van der Waals surface area contributed by atoms with E-state index in [1.165, 1.54) is 0 Å². The fourth-order valence-corrected chi connectivity index (χ4v) is 5.63. The van der Waals surface area contributed by atoms with Crippen LogP contribution in [0, 0.1) is 0 Å². The molecule has 0 saturated carbocycles. The van der Waals surface area contributed by atoms with Gasteiger partial charge in [0.25, 0.3) is 7.37 Å². The summed E-state index contributed by atoms with van der Waals surface area (Å²) < 4.78 is 19.7. The maximum absolute atomic E-state index is 13.7. The highest BCUT2D eigenvalue weighted by Gasteiger charge is 2.50. The highest BCUT2D eigenvalue weighted by atomic mass is 31.2. The van der Waals surface area contributed by atoms with Gasteiger partial charge in [-0.25, -0.2) is 0 Å². The molecule has 116 valence electrons. The Hall–Kier alpha value is -1.01. The van der Waals surface area contributed by atoms with Crippen molar-refractivity contribution in [1.29, 1.82) is 0 Å². The molecule has 1 heterocycles. The Morgan fingerprint density at radius 3 is 2.38 bits per heavy atom. The molecule has 0 radical (unpaired) electrons. The maximum Gasteiger partial charge on any atom is 0.286 e. The van der Waals surface area contributed by atoms with Crippen molar-refractivity contribution in [3.63, 3.8) is 0 Å². The van der Waals surface area contributed by atoms with Gasteiger partial charge in [0.2, 0.25) is 0 Å². The lowest BCUT2D eigenvalue weighted by Gasteiger charge is -2.29. The summed E-state index contributed by atoms with van der Waals surface area (Å²) in [7, 11) is -2.86. The minimum atomic E-state index is -2.86. The number of benzene rings is 1. The molecule has 0 saturated heterocycles. The minimum Gasteiger partial charge on any atom is -0.444 e. The molecule has 2 atom stereocenters. The van der Waals surface area contributed by atoms with Crippen molar-refractivity contribution in [3.05, 3.63) is 42.2 Å². The van der Waals surface area contributed by atoms with Crippen molar-refractivity contribution >= 4 is 12.7 Å². The highest BCUT2D eigenvalue weighted by molar-refractivity contribution is 7.69. The molecule has 1 aliphatic heterocycles. The summed E-state index contributed by atoms with van der Waals surface area (Å²) in [5.41, 5.74) is 0. The molecule has 1 aromatic rings. The van der Waals surface area contributed by atoms with E-state index in [2.05, 4.69) is 26.8 Å². The zero-order chi connectivity index (χ0) is 15.3. The van der Waals surface area contributed by atoms with Crippen molar-refractivity contribution < 1.29 is 9.09 Å². The molecular formula is C18H27O2P. The fourth-order valence-electron chi connectivity index (χ4n) is 2.92. The lowest BCUT2D eigenvalue weighted by molar-refractivity contribution is 0.396. The second-order valence-corrected chi connectivity index (χ2v) is 8.98. The summed E-state index contributed by atoms with van der Waals surface area (Å²) in [6.45, 7) is 6.45. The van der Waals surface area contributed by atoms with Crippen LogP contribution in [0.5, 0.6) is 0 Å². The van der Waals surface area contributed by atoms with E-state index in [1.807, 2.05) is 30.3 Å². The lowest BCUT2D eigenvalue weighted by atomic mass is 10.0. The van der Waals surface area contributed by atoms with Crippen molar-refractivity contribution in [1.82, 2.24) is 0 Å². The number of hydrogen-bond donors (Lipinski definition) is 0. The molecule has 0 bridgehead atoms. The second kappa shape index (κ2) is 6.83. The van der Waals surface area contributed by atoms with E-state index in [0.29, 0.717) is 0 Å². The van der Waals surface area contributed by atoms with Gasteiger partial charge in [-0.3, -0.25) is 4.57 Å². The number of allylic oxidation sites excluding steroid dienone is 2. The van der Waals surface area contributed by atoms with Crippen LogP contribution in [0.4, 0.5) is 0 Å². The molecule has 2 rings (SSSR count). The zero-order valence-corrected chi connectivity index (χ0v) is 14.4. The number of unbranched alkanes of at least 4 members (excludes halogenated alkanes) is 2. The van der Waals surface area contributed by atoms with Crippen molar-refractivity contribution in [2.75, 3.05) is 0 Å². The van der Waals surface area contributed by atoms with Crippen LogP contribution in [0.2, 0.25) is 0 Å². The molecule has 2 unspecified atom stereocenters. The smallest absolute Gasteiger partial charge is 0.286 e. The number of rotatable bonds is 7. The molecule has 0 fully saturated rings. The van der Waals surface area contributed by atoms with Gasteiger partial charge in [0.05, 0.1) is 5.16 Å². The standard InChI is InChI=1S/C18H27O2P/c1-4-6-11-16-15-18(3,14-7-5-2)21(19,20-16)17-12-9-8-10-13-17/h8-10,12-13,15H,4-7,11,14H2,1-3H3. The van der Waals surface area contributed by atoms with E-state index in [4.69, 9.17) is 4.52 Å². The van der Waals surface area contributed by atoms with Crippen LogP contribution in [-0.2, 0) is 9.09 Å². The minimum absolute atomic E-state index is 0.354. The molecule has 0 N–H and O–H groups in total. The van der Waals surface area contributed by atoms with Gasteiger partial charge < -0.3 is 4.52 Å². The van der Waals surface area contributed by atoms with Crippen molar-refractivity contribution in [3.8, 4) is 0 Å². The van der Waals surface area contributed by atoms with Crippen LogP contribution in [-0.4, -0.2) is 5.16 Å². The molecule has 21 heavy (non-hydrogen) atoms. The van der Waals surface area contributed by atoms with Gasteiger partial charge in [-0.05, 0) is 38.0 Å². The molecule has 3 heteroatoms. The average molecular weight is 306 g/mol. The van der Waals surface area contributed by atoms with Gasteiger partial charge in [-0.1, -0.05) is 51.3 Å². The summed E-state index contributed by atoms with van der Waals surface area (Å²) in [6.07, 6.45) is 8.38. The van der Waals surface area contributed by atoms with Gasteiger partial charge in [-0.15, -0.1) is 0 Å². The molecule has 0 aliphatic carbocycles. The van der Waals surface area contributed by atoms with Crippen LogP contribution in [0.3, 0.4) is 0 Å². The molecule has 1 aromatic carbocycles. The first-order chi connectivity index (χ1) is 10.1. The van der Waals surface area contributed by atoms with E-state index in [-0.39, 0.29) is 5.16 Å². The van der Waals surface area contributed by atoms with Crippen molar-refractivity contribution in [2.24, 2.45) is 0 Å². The van der Waals surface area contributed by atoms with E-state index in [0.717, 1.165) is 49.6 Å². The van der Waals surface area contributed by atoms with E-state index in [1.54, 1.807) is 0 Å². The quantitative estimate of drug-likeness (QED) is 0.609. The van der Waals surface area contributed by atoms with Gasteiger partial charge in [0, 0.05) is 11.7 Å². The maximum atomic E-state index is 13.7. The highest BCUT2D eigenvalue weighted by Crippen LogP contribution is 2.66. The predicted octanol–water partition coefficient (Wildman–Crippen LogP) is 5.64. The average Bonchev–Trinajstić information content (AvgIpc) is 2.77. The summed E-state index contributed by atoms with van der Waals surface area (Å²) in [6, 6.07) is 9.74. The summed E-state index contributed by atoms with van der Waals surface area (Å²) in [4.78, 5) is 0. The first kappa shape index (κ1) is 16.4. The Morgan fingerprint density at radius 2 is 1.76 bits per heavy atom. The van der Waals surface area contributed by atoms with Gasteiger partial charge >= 0.3 is 0 Å². The van der Waals surface area contributed by atoms with E-state index >= 15 is 0 Å². The van der Waals surface area contributed by atoms with Crippen molar-refractivity contribution in [2.45, 2.75) is 64.5 Å². The summed E-state index contributed by atoms with van der Waals surface area (Å²) in [5, 5.41) is 0.499. The third-order valence-electron chi connectivity index (χ3n) is 4.30. The van der Waals surface area contributed by atoms with Crippen LogP contribution in [0.25, 0.3) is 0 Å². The summed E-state index contributed by atoms with van der Waals surface area (Å²) >= 11 is 0. The molecule has 1 aliphatic rings. The predicted molar refractivity (Wildman–Crippen MR) is 90.3 cm³/mol. The second-order valence-electron chi connectivity index (χ2n) is 6.15. The first-order valence-electron chi connectivity index (χ1n) is 8.13. The van der Waals surface area contributed by atoms with Gasteiger partial charge in [0.1, 0.15) is 5.76 Å².